The Labute approximate surface area is 271 Å². The Bertz CT molecular complexity index is 1490. The summed E-state index contributed by atoms with van der Waals surface area (Å²) in [6.45, 7) is 6.30. The van der Waals surface area contributed by atoms with E-state index in [1.807, 2.05) is 0 Å². The summed E-state index contributed by atoms with van der Waals surface area (Å²) in [5, 5.41) is 20.7. The Balaban J connectivity index is 0.000000209. The van der Waals surface area contributed by atoms with Crippen LogP contribution >= 0.6 is 0 Å². The fraction of sp³-hybridized carbons (Fsp3) is 0.467. The van der Waals surface area contributed by atoms with Crippen LogP contribution in [0.5, 0.6) is 0 Å². The molecular formula is C30H36N4O10S2-2. The summed E-state index contributed by atoms with van der Waals surface area (Å²) >= 11 is -4.95. The molecule has 46 heavy (non-hydrogen) atoms. The van der Waals surface area contributed by atoms with Crippen molar-refractivity contribution in [3.63, 3.8) is 0 Å². The quantitative estimate of drug-likeness (QED) is 0.298. The number of aliphatic hydroxyl groups is 2. The van der Waals surface area contributed by atoms with Crippen molar-refractivity contribution >= 4 is 46.2 Å². The van der Waals surface area contributed by atoms with Gasteiger partial charge in [0, 0.05) is 47.7 Å². The van der Waals surface area contributed by atoms with Crippen LogP contribution in [0.4, 0.5) is 0 Å². The molecule has 3 aliphatic rings. The monoisotopic (exact) mass is 676 g/mol. The standard InChI is InChI=1S/C15H18N2O5S.C15H20N2O5S/c1-9-6-7-12(13(18)8-16(9)23(21)22)17-14(19)10-4-2-3-5-11(10)15(17)20;1-9(2)16(23(21)22)8-13(18)10(3)17-14(19)11-6-4-5-7-12(11)15(17)20/h2-5,9,12-13,18H,6-8H2,1H3,(H,21,22);4-7,9-10,13,18H,8H2,1-3H3,(H,21,22)/p-2/t9-,12+,13+;10-,13-/m10/s1. The number of imide groups is 2. The topological polar surface area (TPSA) is 202 Å². The van der Waals surface area contributed by atoms with E-state index in [9.17, 15) is 46.9 Å². The number of fused-ring (bicyclic) bond motifs is 2. The lowest BCUT2D eigenvalue weighted by atomic mass is 10.0. The highest BCUT2D eigenvalue weighted by Gasteiger charge is 2.44. The largest absolute Gasteiger partial charge is 0.760 e. The van der Waals surface area contributed by atoms with E-state index in [2.05, 4.69) is 0 Å². The molecule has 0 spiro atoms. The first-order chi connectivity index (χ1) is 21.7. The van der Waals surface area contributed by atoms with Crippen molar-refractivity contribution in [1.29, 1.82) is 0 Å². The second kappa shape index (κ2) is 14.7. The Morgan fingerprint density at radius 1 is 0.848 bits per heavy atom. The van der Waals surface area contributed by atoms with Crippen molar-refractivity contribution in [3.8, 4) is 0 Å². The molecule has 4 amide bonds. The molecule has 2 aromatic carbocycles. The zero-order valence-corrected chi connectivity index (χ0v) is 27.3. The van der Waals surface area contributed by atoms with Crippen molar-refractivity contribution < 1.29 is 46.9 Å². The van der Waals surface area contributed by atoms with Crippen molar-refractivity contribution in [2.45, 2.75) is 76.9 Å². The molecule has 2 unspecified atom stereocenters. The molecule has 1 fully saturated rings. The summed E-state index contributed by atoms with van der Waals surface area (Å²) in [5.41, 5.74) is 1.24. The van der Waals surface area contributed by atoms with Gasteiger partial charge < -0.3 is 19.3 Å². The van der Waals surface area contributed by atoms with Crippen LogP contribution in [0.25, 0.3) is 0 Å². The lowest BCUT2D eigenvalue weighted by Crippen LogP contribution is -2.50. The number of β-amino-alcohol motifs (C(OH)–C–C–N with tert-alkyl or cyclic N) is 1. The van der Waals surface area contributed by atoms with Gasteiger partial charge in [-0.2, -0.15) is 0 Å². The smallest absolute Gasteiger partial charge is 0.261 e. The van der Waals surface area contributed by atoms with Crippen LogP contribution in [0, 0.1) is 0 Å². The van der Waals surface area contributed by atoms with Crippen LogP contribution in [0.15, 0.2) is 48.5 Å². The molecule has 2 N–H and O–H groups in total. The zero-order valence-electron chi connectivity index (χ0n) is 25.7. The van der Waals surface area contributed by atoms with Crippen molar-refractivity contribution in [3.05, 3.63) is 70.8 Å². The maximum atomic E-state index is 12.5. The number of aliphatic hydroxyl groups excluding tert-OH is 2. The van der Waals surface area contributed by atoms with Crippen LogP contribution < -0.4 is 0 Å². The first-order valence-corrected chi connectivity index (χ1v) is 16.8. The Hall–Kier alpha value is -3.22. The van der Waals surface area contributed by atoms with Gasteiger partial charge in [-0.25, -0.2) is 8.61 Å². The summed E-state index contributed by atoms with van der Waals surface area (Å²) in [6, 6.07) is 10.8. The Kier molecular flexibility index (Phi) is 11.4. The fourth-order valence-corrected chi connectivity index (χ4v) is 7.08. The van der Waals surface area contributed by atoms with Crippen LogP contribution in [0.1, 0.15) is 82.0 Å². The predicted molar refractivity (Wildman–Crippen MR) is 164 cm³/mol. The third-order valence-corrected chi connectivity index (χ3v) is 10.3. The molecule has 5 rings (SSSR count). The summed E-state index contributed by atoms with van der Waals surface area (Å²) in [6.07, 6.45) is -1.47. The molecule has 3 heterocycles. The van der Waals surface area contributed by atoms with Gasteiger partial charge in [-0.15, -0.1) is 0 Å². The van der Waals surface area contributed by atoms with E-state index < -0.39 is 70.5 Å². The minimum atomic E-state index is -2.49. The summed E-state index contributed by atoms with van der Waals surface area (Å²) in [5.74, 6) is -1.81. The number of carbonyl (C=O) groups excluding carboxylic acids is 4. The molecular weight excluding hydrogens is 640 g/mol. The van der Waals surface area contributed by atoms with Gasteiger partial charge in [-0.05, 0) is 64.8 Å². The highest BCUT2D eigenvalue weighted by Crippen LogP contribution is 2.30. The van der Waals surface area contributed by atoms with Gasteiger partial charge >= 0.3 is 0 Å². The van der Waals surface area contributed by atoms with Crippen LogP contribution in [0.2, 0.25) is 0 Å². The van der Waals surface area contributed by atoms with E-state index in [0.717, 1.165) is 18.4 Å². The predicted octanol–water partition coefficient (Wildman–Crippen LogP) is 0.827. The summed E-state index contributed by atoms with van der Waals surface area (Å²) in [7, 11) is 0. The molecule has 0 aromatic heterocycles. The maximum Gasteiger partial charge on any atom is 0.261 e. The molecule has 7 atom stereocenters. The third-order valence-electron chi connectivity index (χ3n) is 8.46. The van der Waals surface area contributed by atoms with E-state index in [1.54, 1.807) is 69.3 Å². The summed E-state index contributed by atoms with van der Waals surface area (Å²) < 4.78 is 47.1. The lowest BCUT2D eigenvalue weighted by molar-refractivity contribution is 0.0312. The number of amides is 4. The van der Waals surface area contributed by atoms with Crippen molar-refractivity contribution in [2.75, 3.05) is 13.1 Å². The van der Waals surface area contributed by atoms with Gasteiger partial charge in [0.25, 0.3) is 23.6 Å². The zero-order chi connectivity index (χ0) is 34.0. The van der Waals surface area contributed by atoms with Gasteiger partial charge in [0.15, 0.2) is 0 Å². The minimum Gasteiger partial charge on any atom is -0.760 e. The first-order valence-electron chi connectivity index (χ1n) is 14.7. The average Bonchev–Trinajstić information content (AvgIpc) is 3.35. The second-order valence-corrected chi connectivity index (χ2v) is 13.5. The molecule has 14 nitrogen and oxygen atoms in total. The van der Waals surface area contributed by atoms with Crippen LogP contribution in [-0.2, 0) is 22.5 Å². The SMILES string of the molecule is CC(C)N(C[C@H](O)[C@H](C)N1C(=O)c2ccccc2C1=O)S(=O)[O-].C[C@@H]1CC[C@H](N2C(=O)c3ccccc3C2=O)[C@@H](O)CN1S(=O)[O-]. The second-order valence-electron chi connectivity index (χ2n) is 11.6. The third kappa shape index (κ3) is 7.03. The van der Waals surface area contributed by atoms with Crippen LogP contribution in [0.3, 0.4) is 0 Å². The average molecular weight is 677 g/mol. The highest BCUT2D eigenvalue weighted by molar-refractivity contribution is 7.76. The van der Waals surface area contributed by atoms with Gasteiger partial charge in [-0.1, -0.05) is 24.3 Å². The van der Waals surface area contributed by atoms with E-state index in [-0.39, 0.29) is 25.2 Å². The molecule has 0 aliphatic carbocycles. The number of hydrogen-bond acceptors (Lipinski definition) is 10. The lowest BCUT2D eigenvalue weighted by Gasteiger charge is -2.34. The van der Waals surface area contributed by atoms with E-state index in [1.165, 1.54) is 6.92 Å². The molecule has 0 radical (unpaired) electrons. The van der Waals surface area contributed by atoms with E-state index in [4.69, 9.17) is 0 Å². The maximum absolute atomic E-state index is 12.5. The van der Waals surface area contributed by atoms with Gasteiger partial charge in [0.2, 0.25) is 0 Å². The summed E-state index contributed by atoms with van der Waals surface area (Å²) in [4.78, 5) is 51.8. The van der Waals surface area contributed by atoms with Crippen LogP contribution in [-0.4, -0.2) is 119 Å². The normalized spacial score (nSPS) is 24.3. The number of benzene rings is 2. The van der Waals surface area contributed by atoms with E-state index >= 15 is 0 Å². The molecule has 2 aromatic rings. The molecule has 0 saturated carbocycles. The molecule has 1 saturated heterocycles. The number of nitrogens with zero attached hydrogens (tertiary/aromatic N) is 4. The minimum absolute atomic E-state index is 0.130. The molecule has 16 heteroatoms. The Morgan fingerprint density at radius 2 is 1.30 bits per heavy atom. The number of hydrogen-bond donors (Lipinski definition) is 2. The van der Waals surface area contributed by atoms with Gasteiger partial charge in [0.1, 0.15) is 0 Å². The van der Waals surface area contributed by atoms with Gasteiger partial charge in [0.05, 0.1) is 46.5 Å². The van der Waals surface area contributed by atoms with E-state index in [0.29, 0.717) is 35.1 Å². The van der Waals surface area contributed by atoms with Crippen molar-refractivity contribution in [2.24, 2.45) is 0 Å². The number of carbonyl (C=O) groups is 4. The Morgan fingerprint density at radius 3 is 1.72 bits per heavy atom. The van der Waals surface area contributed by atoms with Gasteiger partial charge in [-0.3, -0.25) is 37.4 Å². The fourth-order valence-electron chi connectivity index (χ4n) is 5.78. The molecule has 0 bridgehead atoms. The van der Waals surface area contributed by atoms with Crippen molar-refractivity contribution in [1.82, 2.24) is 18.4 Å². The molecule has 3 aliphatic heterocycles. The molecule has 250 valence electrons. The number of rotatable bonds is 8. The highest BCUT2D eigenvalue weighted by atomic mass is 32.2. The first kappa shape index (κ1) is 35.6.